The lowest BCUT2D eigenvalue weighted by molar-refractivity contribution is 0.318. The molecule has 11 heavy (non-hydrogen) atoms. The Bertz CT molecular complexity index is 120. The number of hydrogen-bond acceptors (Lipinski definition) is 0. The second-order valence-corrected chi connectivity index (χ2v) is 4.54. The van der Waals surface area contributed by atoms with Gasteiger partial charge in [0.1, 0.15) is 0 Å². The molecule has 0 radical (unpaired) electrons. The zero-order chi connectivity index (χ0) is 8.59. The Balaban J connectivity index is 2.37. The summed E-state index contributed by atoms with van der Waals surface area (Å²) < 4.78 is 0. The molecule has 0 saturated heterocycles. The largest absolute Gasteiger partial charge is 0.0651 e. The summed E-state index contributed by atoms with van der Waals surface area (Å²) in [5.41, 5.74) is 0. The van der Waals surface area contributed by atoms with Crippen molar-refractivity contribution in [3.05, 3.63) is 0 Å². The number of rotatable bonds is 3. The van der Waals surface area contributed by atoms with Gasteiger partial charge in [-0.2, -0.15) is 0 Å². The van der Waals surface area contributed by atoms with E-state index in [9.17, 15) is 0 Å². The summed E-state index contributed by atoms with van der Waals surface area (Å²) in [6.45, 7) is 11.9. The Morgan fingerprint density at radius 3 is 1.82 bits per heavy atom. The first kappa shape index (κ1) is 9.09. The van der Waals surface area contributed by atoms with Crippen LogP contribution in [0.4, 0.5) is 0 Å². The Morgan fingerprint density at radius 2 is 1.55 bits per heavy atom. The van der Waals surface area contributed by atoms with Crippen LogP contribution >= 0.6 is 0 Å². The van der Waals surface area contributed by atoms with E-state index in [1.807, 2.05) is 0 Å². The molecule has 0 heterocycles. The van der Waals surface area contributed by atoms with E-state index in [1.54, 1.807) is 0 Å². The molecule has 0 bridgehead atoms. The lowest BCUT2D eigenvalue weighted by Gasteiger charge is -2.18. The van der Waals surface area contributed by atoms with Crippen molar-refractivity contribution < 1.29 is 0 Å². The minimum absolute atomic E-state index is 0.924. The lowest BCUT2D eigenvalue weighted by atomic mass is 9.88. The van der Waals surface area contributed by atoms with E-state index in [0.717, 1.165) is 29.6 Å². The third-order valence-corrected chi connectivity index (χ3v) is 4.05. The first-order valence-electron chi connectivity index (χ1n) is 5.09. The van der Waals surface area contributed by atoms with Crippen molar-refractivity contribution in [2.75, 3.05) is 0 Å². The van der Waals surface area contributed by atoms with Gasteiger partial charge in [-0.05, 0) is 29.6 Å². The van der Waals surface area contributed by atoms with E-state index in [1.165, 1.54) is 6.42 Å². The second-order valence-electron chi connectivity index (χ2n) is 4.54. The van der Waals surface area contributed by atoms with Gasteiger partial charge in [-0.15, -0.1) is 0 Å². The fourth-order valence-electron chi connectivity index (χ4n) is 2.41. The molecule has 1 saturated carbocycles. The third-order valence-electron chi connectivity index (χ3n) is 4.05. The Hall–Kier alpha value is 0. The van der Waals surface area contributed by atoms with Crippen LogP contribution in [0.15, 0.2) is 0 Å². The average molecular weight is 154 g/mol. The van der Waals surface area contributed by atoms with E-state index in [-0.39, 0.29) is 0 Å². The standard InChI is InChI=1S/C11H22/c1-6-7(2)8(3)11-9(4)10(11)5/h7-11H,6H2,1-5H3. The van der Waals surface area contributed by atoms with Gasteiger partial charge in [0.05, 0.1) is 0 Å². The maximum Gasteiger partial charge on any atom is -0.0329 e. The summed E-state index contributed by atoms with van der Waals surface area (Å²) in [4.78, 5) is 0. The molecule has 4 unspecified atom stereocenters. The maximum absolute atomic E-state index is 2.43. The van der Waals surface area contributed by atoms with E-state index in [4.69, 9.17) is 0 Å². The molecule has 0 N–H and O–H groups in total. The van der Waals surface area contributed by atoms with Crippen LogP contribution < -0.4 is 0 Å². The summed E-state index contributed by atoms with van der Waals surface area (Å²) in [5, 5.41) is 0. The zero-order valence-corrected chi connectivity index (χ0v) is 8.59. The van der Waals surface area contributed by atoms with Crippen LogP contribution in [0.5, 0.6) is 0 Å². The summed E-state index contributed by atoms with van der Waals surface area (Å²) in [6, 6.07) is 0. The van der Waals surface area contributed by atoms with Crippen molar-refractivity contribution in [1.82, 2.24) is 0 Å². The molecule has 0 heteroatoms. The highest BCUT2D eigenvalue weighted by Gasteiger charge is 2.46. The molecule has 0 amide bonds. The van der Waals surface area contributed by atoms with Gasteiger partial charge in [-0.25, -0.2) is 0 Å². The van der Waals surface area contributed by atoms with E-state index in [0.29, 0.717) is 0 Å². The minimum atomic E-state index is 0.924. The minimum Gasteiger partial charge on any atom is -0.0651 e. The normalized spacial score (nSPS) is 41.7. The molecule has 1 rings (SSSR count). The first-order chi connectivity index (χ1) is 5.09. The van der Waals surface area contributed by atoms with Crippen LogP contribution in [0.3, 0.4) is 0 Å². The lowest BCUT2D eigenvalue weighted by Crippen LogP contribution is -2.10. The molecule has 4 atom stereocenters. The molecule has 0 nitrogen and oxygen atoms in total. The maximum atomic E-state index is 2.43. The molecule has 66 valence electrons. The van der Waals surface area contributed by atoms with Crippen LogP contribution in [0.25, 0.3) is 0 Å². The smallest absolute Gasteiger partial charge is 0.0329 e. The van der Waals surface area contributed by atoms with E-state index in [2.05, 4.69) is 34.6 Å². The van der Waals surface area contributed by atoms with Crippen LogP contribution in [-0.2, 0) is 0 Å². The van der Waals surface area contributed by atoms with Gasteiger partial charge in [-0.1, -0.05) is 41.0 Å². The van der Waals surface area contributed by atoms with Gasteiger partial charge in [0.2, 0.25) is 0 Å². The van der Waals surface area contributed by atoms with Gasteiger partial charge in [0.15, 0.2) is 0 Å². The topological polar surface area (TPSA) is 0 Å². The molecule has 1 aliphatic carbocycles. The molecular formula is C11H22. The van der Waals surface area contributed by atoms with Crippen LogP contribution in [0.2, 0.25) is 0 Å². The first-order valence-corrected chi connectivity index (χ1v) is 5.09. The summed E-state index contributed by atoms with van der Waals surface area (Å²) in [7, 11) is 0. The predicted molar refractivity (Wildman–Crippen MR) is 50.4 cm³/mol. The Labute approximate surface area is 71.4 Å². The monoisotopic (exact) mass is 154 g/mol. The second kappa shape index (κ2) is 3.16. The number of hydrogen-bond donors (Lipinski definition) is 0. The van der Waals surface area contributed by atoms with Crippen molar-refractivity contribution >= 4 is 0 Å². The highest BCUT2D eigenvalue weighted by molar-refractivity contribution is 4.94. The zero-order valence-electron chi connectivity index (χ0n) is 8.59. The SMILES string of the molecule is CCC(C)C(C)C1C(C)C1C. The quantitative estimate of drug-likeness (QED) is 0.583. The third kappa shape index (κ3) is 1.60. The highest BCUT2D eigenvalue weighted by Crippen LogP contribution is 2.52. The molecule has 0 aromatic carbocycles. The molecule has 0 spiro atoms. The van der Waals surface area contributed by atoms with Gasteiger partial charge < -0.3 is 0 Å². The van der Waals surface area contributed by atoms with Crippen LogP contribution in [-0.4, -0.2) is 0 Å². The summed E-state index contributed by atoms with van der Waals surface area (Å²) in [5.74, 6) is 4.90. The van der Waals surface area contributed by atoms with Crippen molar-refractivity contribution in [3.8, 4) is 0 Å². The van der Waals surface area contributed by atoms with Crippen LogP contribution in [0.1, 0.15) is 41.0 Å². The Kier molecular flexibility index (Phi) is 2.61. The average Bonchev–Trinajstić information content (AvgIpc) is 2.57. The predicted octanol–water partition coefficient (Wildman–Crippen LogP) is 3.57. The summed E-state index contributed by atoms with van der Waals surface area (Å²) >= 11 is 0. The Morgan fingerprint density at radius 1 is 1.09 bits per heavy atom. The van der Waals surface area contributed by atoms with Crippen molar-refractivity contribution in [3.63, 3.8) is 0 Å². The highest BCUT2D eigenvalue weighted by atomic mass is 14.5. The summed E-state index contributed by atoms with van der Waals surface area (Å²) in [6.07, 6.45) is 1.34. The van der Waals surface area contributed by atoms with Crippen molar-refractivity contribution in [2.24, 2.45) is 29.6 Å². The fraction of sp³-hybridized carbons (Fsp3) is 1.00. The molecule has 1 aliphatic rings. The van der Waals surface area contributed by atoms with Gasteiger partial charge in [0, 0.05) is 0 Å². The van der Waals surface area contributed by atoms with Crippen LogP contribution in [0, 0.1) is 29.6 Å². The molecular weight excluding hydrogens is 132 g/mol. The molecule has 0 aromatic rings. The van der Waals surface area contributed by atoms with Gasteiger partial charge in [-0.3, -0.25) is 0 Å². The molecule has 0 aliphatic heterocycles. The van der Waals surface area contributed by atoms with Crippen molar-refractivity contribution in [1.29, 1.82) is 0 Å². The fourth-order valence-corrected chi connectivity index (χ4v) is 2.41. The van der Waals surface area contributed by atoms with Crippen molar-refractivity contribution in [2.45, 2.75) is 41.0 Å². The van der Waals surface area contributed by atoms with Gasteiger partial charge in [0.25, 0.3) is 0 Å². The molecule has 0 aromatic heterocycles. The van der Waals surface area contributed by atoms with E-state index < -0.39 is 0 Å². The van der Waals surface area contributed by atoms with E-state index >= 15 is 0 Å². The molecule has 1 fully saturated rings. The van der Waals surface area contributed by atoms with Gasteiger partial charge >= 0.3 is 0 Å².